The van der Waals surface area contributed by atoms with Gasteiger partial charge in [0.05, 0.1) is 19.7 Å². The van der Waals surface area contributed by atoms with E-state index in [0.29, 0.717) is 0 Å². The summed E-state index contributed by atoms with van der Waals surface area (Å²) in [6.45, 7) is 8.76. The average molecular weight is 380 g/mol. The van der Waals surface area contributed by atoms with Crippen molar-refractivity contribution in [3.8, 4) is 0 Å². The van der Waals surface area contributed by atoms with E-state index in [4.69, 9.17) is 4.99 Å². The number of amidine groups is 1. The molecule has 0 aromatic carbocycles. The van der Waals surface area contributed by atoms with E-state index in [1.807, 2.05) is 0 Å². The predicted molar refractivity (Wildman–Crippen MR) is 119 cm³/mol. The van der Waals surface area contributed by atoms with Crippen LogP contribution >= 0.6 is 0 Å². The molecule has 0 radical (unpaired) electrons. The first-order valence-corrected chi connectivity index (χ1v) is 11.9. The molecule has 0 saturated heterocycles. The maximum Gasteiger partial charge on any atom is 0.198 e. The quantitative estimate of drug-likeness (QED) is 0.170. The molecule has 0 aromatic heterocycles. The van der Waals surface area contributed by atoms with E-state index in [1.54, 1.807) is 0 Å². The molecule has 27 heavy (non-hydrogen) atoms. The number of aliphatic hydroxyl groups excluding tert-OH is 1. The van der Waals surface area contributed by atoms with Crippen LogP contribution in [0.1, 0.15) is 104 Å². The summed E-state index contributed by atoms with van der Waals surface area (Å²) >= 11 is 0. The number of hydrogen-bond donors (Lipinski definition) is 1. The number of rotatable bonds is 18. The number of quaternary nitrogens is 1. The fourth-order valence-corrected chi connectivity index (χ4v) is 4.25. The van der Waals surface area contributed by atoms with Gasteiger partial charge in [-0.05, 0) is 39.0 Å². The molecule has 3 heteroatoms. The van der Waals surface area contributed by atoms with E-state index in [9.17, 15) is 5.11 Å². The summed E-state index contributed by atoms with van der Waals surface area (Å²) in [5, 5.41) is 9.37. The molecule has 0 amide bonds. The minimum Gasteiger partial charge on any atom is -0.390 e. The summed E-state index contributed by atoms with van der Waals surface area (Å²) < 4.78 is 0.944. The van der Waals surface area contributed by atoms with Gasteiger partial charge in [0.15, 0.2) is 5.84 Å². The van der Waals surface area contributed by atoms with E-state index < -0.39 is 0 Å². The number of allylic oxidation sites excluding steroid dienone is 2. The minimum atomic E-state index is 0.277. The molecule has 1 aliphatic rings. The highest BCUT2D eigenvalue weighted by Crippen LogP contribution is 2.19. The molecule has 0 aliphatic carbocycles. The highest BCUT2D eigenvalue weighted by Gasteiger charge is 2.35. The first kappa shape index (κ1) is 24.4. The monoisotopic (exact) mass is 379 g/mol. The van der Waals surface area contributed by atoms with E-state index in [0.717, 1.165) is 37.1 Å². The van der Waals surface area contributed by atoms with Crippen LogP contribution in [0.15, 0.2) is 17.1 Å². The van der Waals surface area contributed by atoms with Gasteiger partial charge in [-0.2, -0.15) is 0 Å². The van der Waals surface area contributed by atoms with Gasteiger partial charge in [-0.15, -0.1) is 0 Å². The van der Waals surface area contributed by atoms with E-state index in [1.165, 1.54) is 89.3 Å². The lowest BCUT2D eigenvalue weighted by Crippen LogP contribution is -2.52. The van der Waals surface area contributed by atoms with Crippen LogP contribution in [0.25, 0.3) is 0 Å². The van der Waals surface area contributed by atoms with Crippen LogP contribution in [-0.4, -0.2) is 48.2 Å². The normalized spacial score (nSPS) is 19.9. The fourth-order valence-electron chi connectivity index (χ4n) is 4.25. The van der Waals surface area contributed by atoms with Gasteiger partial charge in [0, 0.05) is 6.42 Å². The van der Waals surface area contributed by atoms with Gasteiger partial charge < -0.3 is 5.11 Å². The average Bonchev–Trinajstić information content (AvgIpc) is 3.08. The van der Waals surface area contributed by atoms with Crippen molar-refractivity contribution in [2.45, 2.75) is 104 Å². The smallest absolute Gasteiger partial charge is 0.198 e. The summed E-state index contributed by atoms with van der Waals surface area (Å²) in [5.41, 5.74) is 0. The van der Waals surface area contributed by atoms with E-state index in [2.05, 4.69) is 26.0 Å². The van der Waals surface area contributed by atoms with Gasteiger partial charge in [-0.25, -0.2) is 4.99 Å². The third-order valence-corrected chi connectivity index (χ3v) is 6.17. The van der Waals surface area contributed by atoms with Crippen LogP contribution in [0.5, 0.6) is 0 Å². The van der Waals surface area contributed by atoms with Crippen molar-refractivity contribution in [1.29, 1.82) is 0 Å². The van der Waals surface area contributed by atoms with Crippen molar-refractivity contribution in [3.63, 3.8) is 0 Å². The Bertz CT molecular complexity index is 405. The topological polar surface area (TPSA) is 32.6 Å². The second-order valence-corrected chi connectivity index (χ2v) is 8.26. The standard InChI is InChI=1S/C24H47N2O/c1-3-5-6-7-8-9-10-11-12-13-14-15-16-17-18-19-24-25-20-21-26(24,4-2)22-23-27/h11-12,27H,3-10,13-23H2,1-2H3/q+1/b12-11-. The van der Waals surface area contributed by atoms with Gasteiger partial charge >= 0.3 is 0 Å². The number of aliphatic imine (C=N–C) groups is 1. The van der Waals surface area contributed by atoms with Crippen molar-refractivity contribution < 1.29 is 9.59 Å². The van der Waals surface area contributed by atoms with E-state index >= 15 is 0 Å². The highest BCUT2D eigenvalue weighted by molar-refractivity contribution is 5.76. The summed E-state index contributed by atoms with van der Waals surface area (Å²) in [4.78, 5) is 4.75. The Hall–Kier alpha value is -0.670. The third kappa shape index (κ3) is 10.4. The molecule has 0 saturated carbocycles. The molecule has 158 valence electrons. The zero-order chi connectivity index (χ0) is 19.6. The van der Waals surface area contributed by atoms with Crippen LogP contribution in [0.2, 0.25) is 0 Å². The van der Waals surface area contributed by atoms with Crippen molar-refractivity contribution in [1.82, 2.24) is 0 Å². The lowest BCUT2D eigenvalue weighted by atomic mass is 10.1. The molecular formula is C24H47N2O+. The lowest BCUT2D eigenvalue weighted by Gasteiger charge is -2.33. The Labute approximate surface area is 169 Å². The lowest BCUT2D eigenvalue weighted by molar-refractivity contribution is -0.835. The Morgan fingerprint density at radius 3 is 2.04 bits per heavy atom. The van der Waals surface area contributed by atoms with Gasteiger partial charge in [0.1, 0.15) is 13.1 Å². The Morgan fingerprint density at radius 2 is 1.44 bits per heavy atom. The molecule has 0 aromatic rings. The zero-order valence-electron chi connectivity index (χ0n) is 18.4. The summed E-state index contributed by atoms with van der Waals surface area (Å²) in [6, 6.07) is 0. The summed E-state index contributed by atoms with van der Waals surface area (Å²) in [7, 11) is 0. The van der Waals surface area contributed by atoms with Crippen LogP contribution < -0.4 is 0 Å². The third-order valence-electron chi connectivity index (χ3n) is 6.17. The molecule has 3 nitrogen and oxygen atoms in total. The van der Waals surface area contributed by atoms with Crippen molar-refractivity contribution >= 4 is 5.84 Å². The van der Waals surface area contributed by atoms with Crippen LogP contribution in [0.3, 0.4) is 0 Å². The van der Waals surface area contributed by atoms with Gasteiger partial charge in [0.25, 0.3) is 0 Å². The number of nitrogens with zero attached hydrogens (tertiary/aromatic N) is 2. The number of unbranched alkanes of at least 4 members (excludes halogenated alkanes) is 11. The molecule has 1 atom stereocenters. The number of hydrogen-bond acceptors (Lipinski definition) is 2. The predicted octanol–water partition coefficient (Wildman–Crippen LogP) is 6.27. The maximum absolute atomic E-state index is 9.37. The minimum absolute atomic E-state index is 0.277. The van der Waals surface area contributed by atoms with Crippen molar-refractivity contribution in [2.75, 3.05) is 32.8 Å². The van der Waals surface area contributed by atoms with Gasteiger partial charge in [-0.1, -0.05) is 70.4 Å². The summed E-state index contributed by atoms with van der Waals surface area (Å²) in [6.07, 6.45) is 23.5. The molecule has 1 rings (SSSR count). The molecule has 1 N–H and O–H groups in total. The molecule has 1 aliphatic heterocycles. The molecular weight excluding hydrogens is 332 g/mol. The number of aliphatic hydroxyl groups is 1. The second kappa shape index (κ2) is 16.3. The van der Waals surface area contributed by atoms with E-state index in [-0.39, 0.29) is 6.61 Å². The van der Waals surface area contributed by atoms with Crippen LogP contribution in [0.4, 0.5) is 0 Å². The largest absolute Gasteiger partial charge is 0.390 e. The van der Waals surface area contributed by atoms with Gasteiger partial charge in [-0.3, -0.25) is 4.48 Å². The SMILES string of the molecule is CCCCCCCC/C=C\CCCCCCCC1=NCC[N+]1(CC)CCO. The number of likely N-dealkylation sites (N-methyl/N-ethyl adjacent to an activating group) is 1. The molecule has 1 heterocycles. The van der Waals surface area contributed by atoms with Crippen molar-refractivity contribution in [3.05, 3.63) is 12.2 Å². The zero-order valence-corrected chi connectivity index (χ0v) is 18.4. The van der Waals surface area contributed by atoms with Gasteiger partial charge in [0.2, 0.25) is 0 Å². The first-order valence-electron chi connectivity index (χ1n) is 11.9. The molecule has 0 bridgehead atoms. The summed E-state index contributed by atoms with van der Waals surface area (Å²) in [5.74, 6) is 1.35. The molecule has 0 fully saturated rings. The van der Waals surface area contributed by atoms with Crippen molar-refractivity contribution in [2.24, 2.45) is 4.99 Å². The Kier molecular flexibility index (Phi) is 14.7. The van der Waals surface area contributed by atoms with Crippen LogP contribution in [-0.2, 0) is 0 Å². The molecule has 0 spiro atoms. The second-order valence-electron chi connectivity index (χ2n) is 8.26. The maximum atomic E-state index is 9.37. The fraction of sp³-hybridized carbons (Fsp3) is 0.875. The molecule has 1 unspecified atom stereocenters. The Balaban J connectivity index is 1.94. The Morgan fingerprint density at radius 1 is 0.852 bits per heavy atom. The first-order chi connectivity index (χ1) is 13.3. The van der Waals surface area contributed by atoms with Crippen LogP contribution in [0, 0.1) is 0 Å². The highest BCUT2D eigenvalue weighted by atomic mass is 16.3.